The Hall–Kier alpha value is -3.15. The van der Waals surface area contributed by atoms with E-state index in [4.69, 9.17) is 14.0 Å². The van der Waals surface area contributed by atoms with Crippen molar-refractivity contribution in [2.75, 3.05) is 7.11 Å². The highest BCUT2D eigenvalue weighted by molar-refractivity contribution is 5.89. The van der Waals surface area contributed by atoms with Gasteiger partial charge in [0.2, 0.25) is 5.82 Å². The molecule has 0 radical (unpaired) electrons. The minimum atomic E-state index is -0.434. The number of nitrogens with zero attached hydrogens (tertiary/aromatic N) is 2. The van der Waals surface area contributed by atoms with E-state index in [9.17, 15) is 4.79 Å². The van der Waals surface area contributed by atoms with Gasteiger partial charge in [0.1, 0.15) is 5.75 Å². The van der Waals surface area contributed by atoms with Crippen molar-refractivity contribution in [1.82, 2.24) is 10.1 Å². The van der Waals surface area contributed by atoms with Gasteiger partial charge in [-0.2, -0.15) is 4.98 Å². The van der Waals surface area contributed by atoms with Gasteiger partial charge in [-0.1, -0.05) is 35.0 Å². The summed E-state index contributed by atoms with van der Waals surface area (Å²) in [4.78, 5) is 16.3. The van der Waals surface area contributed by atoms with Crippen LogP contribution >= 0.6 is 0 Å². The van der Waals surface area contributed by atoms with Crippen molar-refractivity contribution in [1.29, 1.82) is 0 Å². The molecule has 0 fully saturated rings. The summed E-state index contributed by atoms with van der Waals surface area (Å²) in [6, 6.07) is 14.5. The highest BCUT2D eigenvalue weighted by Gasteiger charge is 2.15. The standard InChI is InChI=1S/C18H16N2O4/c1-12-6-5-7-13(10-12)18(21)23-11-16-19-17(20-24-16)14-8-3-4-9-15(14)22-2/h3-10H,11H2,1-2H3. The third-order valence-corrected chi connectivity index (χ3v) is 3.40. The maximum Gasteiger partial charge on any atom is 0.338 e. The first-order valence-corrected chi connectivity index (χ1v) is 7.37. The van der Waals surface area contributed by atoms with E-state index in [1.807, 2.05) is 37.3 Å². The average Bonchev–Trinajstić information content (AvgIpc) is 3.08. The van der Waals surface area contributed by atoms with Crippen LogP contribution in [0.1, 0.15) is 21.8 Å². The van der Waals surface area contributed by atoms with Gasteiger partial charge in [0.05, 0.1) is 18.2 Å². The Bertz CT molecular complexity index is 857. The van der Waals surface area contributed by atoms with Gasteiger partial charge in [-0.05, 0) is 31.2 Å². The number of aryl methyl sites for hydroxylation is 1. The molecule has 0 bridgehead atoms. The first-order chi connectivity index (χ1) is 11.7. The molecular weight excluding hydrogens is 308 g/mol. The Balaban J connectivity index is 1.69. The predicted octanol–water partition coefficient (Wildman–Crippen LogP) is 3.41. The smallest absolute Gasteiger partial charge is 0.338 e. The number of hydrogen-bond acceptors (Lipinski definition) is 6. The molecule has 2 aromatic carbocycles. The number of methoxy groups -OCH3 is 1. The minimum absolute atomic E-state index is 0.0884. The molecule has 0 aliphatic rings. The van der Waals surface area contributed by atoms with Crippen molar-refractivity contribution in [2.45, 2.75) is 13.5 Å². The van der Waals surface area contributed by atoms with Gasteiger partial charge >= 0.3 is 5.97 Å². The summed E-state index contributed by atoms with van der Waals surface area (Å²) < 4.78 is 15.6. The number of carbonyl (C=O) groups excluding carboxylic acids is 1. The summed E-state index contributed by atoms with van der Waals surface area (Å²) in [5.74, 6) is 0.809. The van der Waals surface area contributed by atoms with Gasteiger partial charge in [-0.3, -0.25) is 0 Å². The number of hydrogen-bond donors (Lipinski definition) is 0. The summed E-state index contributed by atoms with van der Waals surface area (Å²) in [5, 5.41) is 3.90. The third-order valence-electron chi connectivity index (χ3n) is 3.40. The number of rotatable bonds is 5. The van der Waals surface area contributed by atoms with Gasteiger partial charge in [-0.15, -0.1) is 0 Å². The van der Waals surface area contributed by atoms with Crippen LogP contribution in [0.4, 0.5) is 0 Å². The maximum absolute atomic E-state index is 12.0. The van der Waals surface area contributed by atoms with E-state index in [2.05, 4.69) is 10.1 Å². The zero-order chi connectivity index (χ0) is 16.9. The lowest BCUT2D eigenvalue weighted by Gasteiger charge is -2.03. The van der Waals surface area contributed by atoms with Crippen molar-refractivity contribution in [2.24, 2.45) is 0 Å². The summed E-state index contributed by atoms with van der Waals surface area (Å²) >= 11 is 0. The highest BCUT2D eigenvalue weighted by atomic mass is 16.6. The lowest BCUT2D eigenvalue weighted by Crippen LogP contribution is -2.05. The molecule has 0 atom stereocenters. The first kappa shape index (κ1) is 15.7. The normalized spacial score (nSPS) is 10.4. The quantitative estimate of drug-likeness (QED) is 0.670. The number of carbonyl (C=O) groups is 1. The van der Waals surface area contributed by atoms with Crippen LogP contribution in [0.2, 0.25) is 0 Å². The van der Waals surface area contributed by atoms with Crippen molar-refractivity contribution in [3.63, 3.8) is 0 Å². The van der Waals surface area contributed by atoms with E-state index < -0.39 is 5.97 Å². The number of para-hydroxylation sites is 1. The van der Waals surface area contributed by atoms with Crippen molar-refractivity contribution in [3.8, 4) is 17.1 Å². The molecule has 0 aliphatic carbocycles. The molecule has 122 valence electrons. The average molecular weight is 324 g/mol. The highest BCUT2D eigenvalue weighted by Crippen LogP contribution is 2.27. The van der Waals surface area contributed by atoms with Gasteiger partial charge in [-0.25, -0.2) is 4.79 Å². The molecular formula is C18H16N2O4. The fraction of sp³-hybridized carbons (Fsp3) is 0.167. The largest absolute Gasteiger partial charge is 0.496 e. The van der Waals surface area contributed by atoms with E-state index in [0.29, 0.717) is 22.7 Å². The van der Waals surface area contributed by atoms with Gasteiger partial charge < -0.3 is 14.0 Å². The molecule has 0 amide bonds. The molecule has 1 aromatic heterocycles. The maximum atomic E-state index is 12.0. The Morgan fingerprint density at radius 2 is 2.00 bits per heavy atom. The molecule has 6 heteroatoms. The molecule has 3 rings (SSSR count). The van der Waals surface area contributed by atoms with Gasteiger partial charge in [0.15, 0.2) is 6.61 Å². The van der Waals surface area contributed by atoms with Crippen LogP contribution in [0.3, 0.4) is 0 Å². The second kappa shape index (κ2) is 6.95. The van der Waals surface area contributed by atoms with Crippen LogP contribution in [0.15, 0.2) is 53.1 Å². The summed E-state index contributed by atoms with van der Waals surface area (Å²) in [5.41, 5.74) is 2.18. The summed E-state index contributed by atoms with van der Waals surface area (Å²) in [6.07, 6.45) is 0. The topological polar surface area (TPSA) is 74.5 Å². The molecule has 1 heterocycles. The van der Waals surface area contributed by atoms with E-state index in [-0.39, 0.29) is 12.5 Å². The Kier molecular flexibility index (Phi) is 4.56. The molecule has 0 saturated heterocycles. The van der Waals surface area contributed by atoms with Crippen LogP contribution in [0.25, 0.3) is 11.4 Å². The Morgan fingerprint density at radius 3 is 2.79 bits per heavy atom. The summed E-state index contributed by atoms with van der Waals surface area (Å²) in [6.45, 7) is 1.82. The number of ether oxygens (including phenoxy) is 2. The fourth-order valence-corrected chi connectivity index (χ4v) is 2.23. The van der Waals surface area contributed by atoms with Crippen LogP contribution in [0.5, 0.6) is 5.75 Å². The predicted molar refractivity (Wildman–Crippen MR) is 86.6 cm³/mol. The van der Waals surface area contributed by atoms with Gasteiger partial charge in [0, 0.05) is 0 Å². The van der Waals surface area contributed by atoms with Crippen molar-refractivity contribution >= 4 is 5.97 Å². The molecule has 6 nitrogen and oxygen atoms in total. The molecule has 3 aromatic rings. The van der Waals surface area contributed by atoms with E-state index in [1.54, 1.807) is 25.3 Å². The van der Waals surface area contributed by atoms with Crippen LogP contribution < -0.4 is 4.74 Å². The molecule has 0 unspecified atom stereocenters. The zero-order valence-electron chi connectivity index (χ0n) is 13.4. The van der Waals surface area contributed by atoms with Crippen LogP contribution in [-0.4, -0.2) is 23.2 Å². The minimum Gasteiger partial charge on any atom is -0.496 e. The number of esters is 1. The van der Waals surface area contributed by atoms with Crippen molar-refractivity contribution < 1.29 is 18.8 Å². The fourth-order valence-electron chi connectivity index (χ4n) is 2.23. The number of benzene rings is 2. The second-order valence-electron chi connectivity index (χ2n) is 5.16. The lowest BCUT2D eigenvalue weighted by atomic mass is 10.1. The third kappa shape index (κ3) is 3.43. The second-order valence-corrected chi connectivity index (χ2v) is 5.16. The molecule has 0 aliphatic heterocycles. The molecule has 0 spiro atoms. The first-order valence-electron chi connectivity index (χ1n) is 7.37. The van der Waals surface area contributed by atoms with E-state index >= 15 is 0 Å². The zero-order valence-corrected chi connectivity index (χ0v) is 13.4. The van der Waals surface area contributed by atoms with E-state index in [1.165, 1.54) is 0 Å². The lowest BCUT2D eigenvalue weighted by molar-refractivity contribution is 0.0429. The Morgan fingerprint density at radius 1 is 1.17 bits per heavy atom. The molecule has 0 saturated carbocycles. The Labute approximate surface area is 139 Å². The number of aromatic nitrogens is 2. The molecule has 0 N–H and O–H groups in total. The van der Waals surface area contributed by atoms with Crippen LogP contribution in [-0.2, 0) is 11.3 Å². The van der Waals surface area contributed by atoms with Crippen LogP contribution in [0, 0.1) is 6.92 Å². The van der Waals surface area contributed by atoms with E-state index in [0.717, 1.165) is 5.56 Å². The van der Waals surface area contributed by atoms with Gasteiger partial charge in [0.25, 0.3) is 5.89 Å². The summed E-state index contributed by atoms with van der Waals surface area (Å²) in [7, 11) is 1.57. The monoisotopic (exact) mass is 324 g/mol. The SMILES string of the molecule is COc1ccccc1-c1noc(COC(=O)c2cccc(C)c2)n1. The van der Waals surface area contributed by atoms with Crippen molar-refractivity contribution in [3.05, 3.63) is 65.5 Å². The molecule has 24 heavy (non-hydrogen) atoms.